The van der Waals surface area contributed by atoms with E-state index in [4.69, 9.17) is 14.9 Å². The van der Waals surface area contributed by atoms with Crippen molar-refractivity contribution in [2.24, 2.45) is 0 Å². The molecule has 1 amide bonds. The minimum atomic E-state index is -0.332. The van der Waals surface area contributed by atoms with E-state index in [2.05, 4.69) is 20.6 Å². The summed E-state index contributed by atoms with van der Waals surface area (Å²) >= 11 is 0. The average molecular weight is 467 g/mol. The van der Waals surface area contributed by atoms with Gasteiger partial charge in [-0.2, -0.15) is 0 Å². The van der Waals surface area contributed by atoms with Crippen molar-refractivity contribution in [1.29, 1.82) is 0 Å². The van der Waals surface area contributed by atoms with Crippen LogP contribution in [0.4, 0.5) is 17.3 Å². The zero-order chi connectivity index (χ0) is 23.6. The van der Waals surface area contributed by atoms with Crippen molar-refractivity contribution in [2.45, 2.75) is 70.3 Å². The SMILES string of the molecule is O=C(CCCCCCOc1ccc(Nc2cc3[nH]cnc3c(NC3CCCCC3)n2)cc1)NO. The molecule has 9 heteroatoms. The number of H-pyrrole nitrogens is 1. The van der Waals surface area contributed by atoms with Crippen LogP contribution in [-0.4, -0.2) is 38.7 Å². The van der Waals surface area contributed by atoms with E-state index < -0.39 is 0 Å². The number of unbranched alkanes of at least 4 members (excludes halogenated alkanes) is 3. The van der Waals surface area contributed by atoms with E-state index in [-0.39, 0.29) is 5.91 Å². The maximum Gasteiger partial charge on any atom is 0.243 e. The van der Waals surface area contributed by atoms with Crippen LogP contribution in [0.15, 0.2) is 36.7 Å². The summed E-state index contributed by atoms with van der Waals surface area (Å²) in [6.07, 6.45) is 11.9. The summed E-state index contributed by atoms with van der Waals surface area (Å²) in [5.74, 6) is 2.08. The number of ether oxygens (including phenoxy) is 1. The number of pyridine rings is 1. The van der Waals surface area contributed by atoms with Gasteiger partial charge in [0, 0.05) is 24.2 Å². The summed E-state index contributed by atoms with van der Waals surface area (Å²) in [5.41, 5.74) is 4.41. The van der Waals surface area contributed by atoms with Crippen molar-refractivity contribution < 1.29 is 14.7 Å². The van der Waals surface area contributed by atoms with E-state index in [1.54, 1.807) is 11.8 Å². The number of imidazole rings is 1. The average Bonchev–Trinajstić information content (AvgIpc) is 3.34. The van der Waals surface area contributed by atoms with Crippen LogP contribution in [-0.2, 0) is 4.79 Å². The number of hydrogen-bond donors (Lipinski definition) is 5. The second kappa shape index (κ2) is 12.2. The Bertz CT molecular complexity index is 1050. The van der Waals surface area contributed by atoms with Gasteiger partial charge in [-0.1, -0.05) is 32.1 Å². The Kier molecular flexibility index (Phi) is 8.56. The molecule has 2 aromatic heterocycles. The normalized spacial score (nSPS) is 14.1. The molecule has 1 aromatic carbocycles. The Morgan fingerprint density at radius 2 is 1.88 bits per heavy atom. The third kappa shape index (κ3) is 6.84. The van der Waals surface area contributed by atoms with Gasteiger partial charge in [0.1, 0.15) is 17.1 Å². The van der Waals surface area contributed by atoms with Crippen molar-refractivity contribution in [2.75, 3.05) is 17.2 Å². The van der Waals surface area contributed by atoms with Gasteiger partial charge >= 0.3 is 0 Å². The summed E-state index contributed by atoms with van der Waals surface area (Å²) in [4.78, 5) is 23.4. The van der Waals surface area contributed by atoms with Gasteiger partial charge in [-0.15, -0.1) is 0 Å². The Labute approximate surface area is 199 Å². The lowest BCUT2D eigenvalue weighted by Crippen LogP contribution is -2.23. The summed E-state index contributed by atoms with van der Waals surface area (Å²) in [6.45, 7) is 0.632. The van der Waals surface area contributed by atoms with E-state index >= 15 is 0 Å². The molecule has 182 valence electrons. The molecule has 1 fully saturated rings. The molecule has 5 N–H and O–H groups in total. The fraction of sp³-hybridized carbons (Fsp3) is 0.480. The molecule has 0 atom stereocenters. The highest BCUT2D eigenvalue weighted by molar-refractivity contribution is 5.88. The molecule has 9 nitrogen and oxygen atoms in total. The molecular weight excluding hydrogens is 432 g/mol. The van der Waals surface area contributed by atoms with E-state index in [0.717, 1.165) is 59.8 Å². The highest BCUT2D eigenvalue weighted by atomic mass is 16.5. The summed E-state index contributed by atoms with van der Waals surface area (Å²) in [6, 6.07) is 10.3. The summed E-state index contributed by atoms with van der Waals surface area (Å²) in [5, 5.41) is 15.5. The Morgan fingerprint density at radius 3 is 2.68 bits per heavy atom. The number of amides is 1. The Hall–Kier alpha value is -3.33. The fourth-order valence-corrected chi connectivity index (χ4v) is 4.32. The maximum absolute atomic E-state index is 11.0. The van der Waals surface area contributed by atoms with Crippen molar-refractivity contribution >= 4 is 34.3 Å². The van der Waals surface area contributed by atoms with Gasteiger partial charge in [-0.25, -0.2) is 15.4 Å². The highest BCUT2D eigenvalue weighted by Gasteiger charge is 2.16. The van der Waals surface area contributed by atoms with Gasteiger partial charge in [0.25, 0.3) is 0 Å². The number of hydroxylamine groups is 1. The monoisotopic (exact) mass is 466 g/mol. The van der Waals surface area contributed by atoms with E-state index in [0.29, 0.717) is 19.1 Å². The van der Waals surface area contributed by atoms with Crippen LogP contribution in [0.1, 0.15) is 64.2 Å². The van der Waals surface area contributed by atoms with Crippen molar-refractivity contribution in [3.05, 3.63) is 36.7 Å². The Balaban J connectivity index is 1.27. The molecule has 2 heterocycles. The van der Waals surface area contributed by atoms with Crippen LogP contribution < -0.4 is 20.9 Å². The molecule has 1 aliphatic rings. The van der Waals surface area contributed by atoms with Crippen molar-refractivity contribution in [3.8, 4) is 5.75 Å². The number of carbonyl (C=O) groups excluding carboxylic acids is 1. The van der Waals surface area contributed by atoms with E-state index in [1.807, 2.05) is 30.3 Å². The van der Waals surface area contributed by atoms with Gasteiger partial charge in [0.15, 0.2) is 5.82 Å². The molecule has 0 bridgehead atoms. The van der Waals surface area contributed by atoms with E-state index in [1.165, 1.54) is 32.1 Å². The third-order valence-corrected chi connectivity index (χ3v) is 6.17. The highest BCUT2D eigenvalue weighted by Crippen LogP contribution is 2.28. The van der Waals surface area contributed by atoms with E-state index in [9.17, 15) is 4.79 Å². The second-order valence-corrected chi connectivity index (χ2v) is 8.83. The molecule has 0 spiro atoms. The zero-order valence-electron chi connectivity index (χ0n) is 19.5. The van der Waals surface area contributed by atoms with Crippen molar-refractivity contribution in [1.82, 2.24) is 20.4 Å². The van der Waals surface area contributed by atoms with Gasteiger partial charge in [-0.3, -0.25) is 10.0 Å². The molecule has 1 saturated carbocycles. The van der Waals surface area contributed by atoms with Crippen LogP contribution >= 0.6 is 0 Å². The molecule has 0 unspecified atom stereocenters. The molecule has 4 rings (SSSR count). The molecule has 0 radical (unpaired) electrons. The number of benzene rings is 1. The largest absolute Gasteiger partial charge is 0.494 e. The number of hydrogen-bond acceptors (Lipinski definition) is 7. The number of carbonyl (C=O) groups is 1. The number of anilines is 3. The van der Waals surface area contributed by atoms with Crippen LogP contribution in [0, 0.1) is 0 Å². The quantitative estimate of drug-likeness (QED) is 0.140. The maximum atomic E-state index is 11.0. The molecule has 0 aliphatic heterocycles. The molecular formula is C25H34N6O3. The lowest BCUT2D eigenvalue weighted by Gasteiger charge is -2.23. The van der Waals surface area contributed by atoms with Gasteiger partial charge in [0.2, 0.25) is 5.91 Å². The Morgan fingerprint density at radius 1 is 1.09 bits per heavy atom. The smallest absolute Gasteiger partial charge is 0.243 e. The van der Waals surface area contributed by atoms with Crippen molar-refractivity contribution in [3.63, 3.8) is 0 Å². The minimum absolute atomic E-state index is 0.332. The minimum Gasteiger partial charge on any atom is -0.494 e. The first kappa shape index (κ1) is 23.8. The first-order chi connectivity index (χ1) is 16.7. The topological polar surface area (TPSA) is 124 Å². The standard InChI is InChI=1S/C25H34N6O3/c32-23(31-33)10-6-1-2-7-15-34-20-13-11-19(12-14-20)28-22-16-21-24(27-17-26-21)25(30-22)29-18-8-4-3-5-9-18/h11-14,16-18,33H,1-10,15H2,(H,26,27)(H,31,32)(H2,28,29,30). The fourth-order valence-electron chi connectivity index (χ4n) is 4.32. The first-order valence-electron chi connectivity index (χ1n) is 12.2. The molecule has 3 aromatic rings. The lowest BCUT2D eigenvalue weighted by molar-refractivity contribution is -0.129. The van der Waals surface area contributed by atoms with Crippen LogP contribution in [0.25, 0.3) is 11.0 Å². The summed E-state index contributed by atoms with van der Waals surface area (Å²) in [7, 11) is 0. The second-order valence-electron chi connectivity index (χ2n) is 8.83. The van der Waals surface area contributed by atoms with Gasteiger partial charge < -0.3 is 20.4 Å². The predicted octanol–water partition coefficient (Wildman–Crippen LogP) is 5.28. The molecule has 0 saturated heterocycles. The van der Waals surface area contributed by atoms with Crippen LogP contribution in [0.3, 0.4) is 0 Å². The number of rotatable bonds is 12. The number of fused-ring (bicyclic) bond motifs is 1. The predicted molar refractivity (Wildman–Crippen MR) is 133 cm³/mol. The first-order valence-corrected chi connectivity index (χ1v) is 12.2. The number of nitrogens with one attached hydrogen (secondary N) is 4. The number of aromatic nitrogens is 3. The van der Waals surface area contributed by atoms with Gasteiger partial charge in [0.05, 0.1) is 18.5 Å². The van der Waals surface area contributed by atoms with Crippen LogP contribution in [0.2, 0.25) is 0 Å². The number of aromatic amines is 1. The molecule has 34 heavy (non-hydrogen) atoms. The zero-order valence-corrected chi connectivity index (χ0v) is 19.5. The molecule has 1 aliphatic carbocycles. The third-order valence-electron chi connectivity index (χ3n) is 6.17. The van der Waals surface area contributed by atoms with Gasteiger partial charge in [-0.05, 0) is 49.9 Å². The number of nitrogens with zero attached hydrogens (tertiary/aromatic N) is 2. The lowest BCUT2D eigenvalue weighted by atomic mass is 9.95. The van der Waals surface area contributed by atoms with Crippen LogP contribution in [0.5, 0.6) is 5.75 Å². The summed E-state index contributed by atoms with van der Waals surface area (Å²) < 4.78 is 5.83.